The number of anilines is 2. The molecule has 0 atom stereocenters. The van der Waals surface area contributed by atoms with Crippen LogP contribution in [0.25, 0.3) is 11.4 Å². The summed E-state index contributed by atoms with van der Waals surface area (Å²) in [5, 5.41) is 9.43. The number of carbonyl (C=O) groups excluding carboxylic acids is 1. The lowest BCUT2D eigenvalue weighted by Gasteiger charge is -2.34. The van der Waals surface area contributed by atoms with Gasteiger partial charge in [0.25, 0.3) is 5.91 Å². The first kappa shape index (κ1) is 23.7. The summed E-state index contributed by atoms with van der Waals surface area (Å²) in [4.78, 5) is 39.9. The predicted octanol–water partition coefficient (Wildman–Crippen LogP) is 3.68. The van der Waals surface area contributed by atoms with Crippen molar-refractivity contribution in [3.8, 4) is 11.4 Å². The van der Waals surface area contributed by atoms with E-state index >= 15 is 0 Å². The zero-order valence-electron chi connectivity index (χ0n) is 20.3. The molecule has 0 spiro atoms. The number of hydrogen-bond donors (Lipinski definition) is 1. The van der Waals surface area contributed by atoms with Gasteiger partial charge >= 0.3 is 6.09 Å². The van der Waals surface area contributed by atoms with Gasteiger partial charge in [0.15, 0.2) is 5.82 Å². The molecule has 36 heavy (non-hydrogen) atoms. The van der Waals surface area contributed by atoms with Crippen LogP contribution in [0.2, 0.25) is 0 Å². The second kappa shape index (κ2) is 10.3. The fourth-order valence-electron chi connectivity index (χ4n) is 4.73. The smallest absolute Gasteiger partial charge is 0.411 e. The highest BCUT2D eigenvalue weighted by molar-refractivity contribution is 5.94. The minimum atomic E-state index is -0.993. The van der Waals surface area contributed by atoms with E-state index in [0.29, 0.717) is 56.3 Å². The van der Waals surface area contributed by atoms with E-state index in [1.54, 1.807) is 19.1 Å². The van der Waals surface area contributed by atoms with Gasteiger partial charge in [0, 0.05) is 48.6 Å². The monoisotopic (exact) mass is 487 g/mol. The van der Waals surface area contributed by atoms with Gasteiger partial charge in [-0.3, -0.25) is 9.69 Å². The van der Waals surface area contributed by atoms with Crippen LogP contribution in [-0.4, -0.2) is 71.4 Å². The van der Waals surface area contributed by atoms with Gasteiger partial charge in [-0.1, -0.05) is 18.2 Å². The number of hydrogen-bond acceptors (Lipinski definition) is 6. The highest BCUT2D eigenvalue weighted by atomic mass is 16.5. The van der Waals surface area contributed by atoms with E-state index < -0.39 is 6.09 Å². The Labute approximate surface area is 209 Å². The van der Waals surface area contributed by atoms with Crippen molar-refractivity contribution in [2.24, 2.45) is 0 Å². The van der Waals surface area contributed by atoms with E-state index in [9.17, 15) is 14.7 Å². The largest absolute Gasteiger partial charge is 0.465 e. The third-order valence-electron chi connectivity index (χ3n) is 6.65. The van der Waals surface area contributed by atoms with Crippen LogP contribution in [0.3, 0.4) is 0 Å². The first-order valence-electron chi connectivity index (χ1n) is 12.2. The summed E-state index contributed by atoms with van der Waals surface area (Å²) in [6.07, 6.45) is -0.308. The summed E-state index contributed by atoms with van der Waals surface area (Å²) >= 11 is 0. The van der Waals surface area contributed by atoms with E-state index in [0.717, 1.165) is 35.7 Å². The van der Waals surface area contributed by atoms with Crippen molar-refractivity contribution in [2.75, 3.05) is 49.2 Å². The molecule has 9 nitrogen and oxygen atoms in total. The lowest BCUT2D eigenvalue weighted by molar-refractivity contribution is 0.0731. The molecule has 0 radical (unpaired) electrons. The molecule has 2 amide bonds. The summed E-state index contributed by atoms with van der Waals surface area (Å²) < 4.78 is 5.55. The van der Waals surface area contributed by atoms with Crippen molar-refractivity contribution in [3.63, 3.8) is 0 Å². The fourth-order valence-corrected chi connectivity index (χ4v) is 4.73. The van der Waals surface area contributed by atoms with E-state index in [-0.39, 0.29) is 5.91 Å². The molecule has 1 N–H and O–H groups in total. The quantitative estimate of drug-likeness (QED) is 0.586. The molecule has 3 heterocycles. The number of aromatic nitrogens is 2. The number of morpholine rings is 1. The first-order chi connectivity index (χ1) is 17.5. The zero-order chi connectivity index (χ0) is 25.1. The molecule has 2 aliphatic rings. The summed E-state index contributed by atoms with van der Waals surface area (Å²) in [6.45, 7) is 5.96. The number of carbonyl (C=O) groups is 2. The maximum Gasteiger partial charge on any atom is 0.411 e. The molecule has 9 heteroatoms. The van der Waals surface area contributed by atoms with Gasteiger partial charge in [0.05, 0.1) is 25.5 Å². The molecular weight excluding hydrogens is 458 g/mol. The Bertz CT molecular complexity index is 1240. The molecule has 2 aromatic carbocycles. The number of fused-ring (bicyclic) bond motifs is 1. The zero-order valence-corrected chi connectivity index (χ0v) is 20.3. The van der Waals surface area contributed by atoms with Gasteiger partial charge in [-0.05, 0) is 49.7 Å². The summed E-state index contributed by atoms with van der Waals surface area (Å²) in [7, 11) is 0. The lowest BCUT2D eigenvalue weighted by Crippen LogP contribution is -2.40. The van der Waals surface area contributed by atoms with Crippen molar-refractivity contribution >= 4 is 23.5 Å². The Morgan fingerprint density at radius 3 is 2.39 bits per heavy atom. The molecule has 3 aromatic rings. The van der Waals surface area contributed by atoms with E-state index in [1.807, 2.05) is 47.4 Å². The standard InChI is InChI=1S/C27H29N5O4/c1-2-32(27(34)35)21-10-8-19(9-11-21)24-28-23-18-31(26(33)20-6-4-3-5-7-20)13-12-22(23)25(29-24)30-14-16-36-17-15-30/h3-11H,2,12-18H2,1H3,(H,34,35). The second-order valence-corrected chi connectivity index (χ2v) is 8.81. The third kappa shape index (κ3) is 4.74. The van der Waals surface area contributed by atoms with E-state index in [1.165, 1.54) is 4.90 Å². The van der Waals surface area contributed by atoms with Crippen LogP contribution in [0.1, 0.15) is 28.5 Å². The van der Waals surface area contributed by atoms with E-state index in [2.05, 4.69) is 4.90 Å². The maximum absolute atomic E-state index is 13.1. The Hall–Kier alpha value is -3.98. The number of ether oxygens (including phenoxy) is 1. The van der Waals surface area contributed by atoms with Gasteiger partial charge in [-0.25, -0.2) is 14.8 Å². The van der Waals surface area contributed by atoms with Crippen LogP contribution in [0.15, 0.2) is 54.6 Å². The Kier molecular flexibility index (Phi) is 6.81. The number of nitrogens with zero attached hydrogens (tertiary/aromatic N) is 5. The van der Waals surface area contributed by atoms with E-state index in [4.69, 9.17) is 14.7 Å². The Morgan fingerprint density at radius 2 is 1.72 bits per heavy atom. The minimum Gasteiger partial charge on any atom is -0.465 e. The van der Waals surface area contributed by atoms with Crippen molar-refractivity contribution in [1.29, 1.82) is 0 Å². The highest BCUT2D eigenvalue weighted by Gasteiger charge is 2.28. The van der Waals surface area contributed by atoms with Gasteiger partial charge in [-0.2, -0.15) is 0 Å². The summed E-state index contributed by atoms with van der Waals surface area (Å²) in [5.74, 6) is 1.45. The lowest BCUT2D eigenvalue weighted by atomic mass is 10.0. The maximum atomic E-state index is 13.1. The third-order valence-corrected chi connectivity index (χ3v) is 6.65. The van der Waals surface area contributed by atoms with Gasteiger partial charge in [0.2, 0.25) is 0 Å². The molecule has 2 aliphatic heterocycles. The van der Waals surface area contributed by atoms with Crippen LogP contribution in [-0.2, 0) is 17.7 Å². The molecule has 1 saturated heterocycles. The SMILES string of the molecule is CCN(C(=O)O)c1ccc(-c2nc3c(c(N4CCOCC4)n2)CCN(C(=O)c2ccccc2)C3)cc1. The molecule has 186 valence electrons. The first-order valence-corrected chi connectivity index (χ1v) is 12.2. The van der Waals surface area contributed by atoms with Crippen LogP contribution >= 0.6 is 0 Å². The molecule has 0 aliphatic carbocycles. The average Bonchev–Trinajstić information content (AvgIpc) is 2.93. The van der Waals surface area contributed by atoms with Crippen LogP contribution in [0.4, 0.5) is 16.3 Å². The van der Waals surface area contributed by atoms with Crippen LogP contribution < -0.4 is 9.80 Å². The molecule has 0 bridgehead atoms. The predicted molar refractivity (Wildman–Crippen MR) is 136 cm³/mol. The highest BCUT2D eigenvalue weighted by Crippen LogP contribution is 2.31. The van der Waals surface area contributed by atoms with Crippen molar-refractivity contribution in [1.82, 2.24) is 14.9 Å². The molecule has 0 saturated carbocycles. The van der Waals surface area contributed by atoms with Crippen molar-refractivity contribution in [2.45, 2.75) is 19.9 Å². The number of benzene rings is 2. The minimum absolute atomic E-state index is 0.00739. The molecular formula is C27H29N5O4. The summed E-state index contributed by atoms with van der Waals surface area (Å²) in [5.41, 5.74) is 3.99. The van der Waals surface area contributed by atoms with Gasteiger partial charge < -0.3 is 19.6 Å². The fraction of sp³-hybridized carbons (Fsp3) is 0.333. The number of rotatable bonds is 5. The average molecular weight is 488 g/mol. The van der Waals surface area contributed by atoms with Crippen molar-refractivity contribution < 1.29 is 19.4 Å². The second-order valence-electron chi connectivity index (χ2n) is 8.81. The topological polar surface area (TPSA) is 99.1 Å². The van der Waals surface area contributed by atoms with Crippen LogP contribution in [0.5, 0.6) is 0 Å². The summed E-state index contributed by atoms with van der Waals surface area (Å²) in [6, 6.07) is 16.6. The van der Waals surface area contributed by atoms with Crippen LogP contribution in [0, 0.1) is 0 Å². The molecule has 5 rings (SSSR count). The van der Waals surface area contributed by atoms with Gasteiger partial charge in [-0.15, -0.1) is 0 Å². The number of carboxylic acid groups (broad SMARTS) is 1. The molecule has 1 fully saturated rings. The molecule has 1 aromatic heterocycles. The molecule has 0 unspecified atom stereocenters. The normalized spacial score (nSPS) is 15.4. The Morgan fingerprint density at radius 1 is 1.00 bits per heavy atom. The Balaban J connectivity index is 1.50. The number of amides is 2. The van der Waals surface area contributed by atoms with Crippen molar-refractivity contribution in [3.05, 3.63) is 71.4 Å². The van der Waals surface area contributed by atoms with Gasteiger partial charge in [0.1, 0.15) is 5.82 Å².